The van der Waals surface area contributed by atoms with E-state index in [9.17, 15) is 18.3 Å². The normalized spacial score (nSPS) is 11.6. The summed E-state index contributed by atoms with van der Waals surface area (Å²) in [6, 6.07) is 21.7. The maximum absolute atomic E-state index is 13.2. The summed E-state index contributed by atoms with van der Waals surface area (Å²) in [7, 11) is -3.91. The van der Waals surface area contributed by atoms with Crippen LogP contribution in [0.5, 0.6) is 11.5 Å². The van der Waals surface area contributed by atoms with Crippen LogP contribution in [0.4, 0.5) is 0 Å². The first kappa shape index (κ1) is 24.0. The molecular formula is C24H25N3O5S. The second-order valence-electron chi connectivity index (χ2n) is 7.03. The van der Waals surface area contributed by atoms with Crippen molar-refractivity contribution in [2.45, 2.75) is 18.4 Å². The number of ether oxygens (including phenoxy) is 1. The van der Waals surface area contributed by atoms with Crippen LogP contribution in [-0.2, 0) is 21.4 Å². The first-order valence-electron chi connectivity index (χ1n) is 10.3. The molecule has 172 valence electrons. The molecule has 8 nitrogen and oxygen atoms in total. The Morgan fingerprint density at radius 1 is 1.06 bits per heavy atom. The fraction of sp³-hybridized carbons (Fsp3) is 0.167. The second kappa shape index (κ2) is 11.3. The number of nitrogens with one attached hydrogen (secondary N) is 1. The minimum absolute atomic E-state index is 0.000655. The Morgan fingerprint density at radius 3 is 2.39 bits per heavy atom. The van der Waals surface area contributed by atoms with Gasteiger partial charge in [-0.25, -0.2) is 13.8 Å². The molecule has 33 heavy (non-hydrogen) atoms. The molecule has 0 saturated carbocycles. The standard InChI is InChI=1S/C24H25N3O5S/c1-2-32-23-15-20(13-14-22(23)28)16-25-26-24(29)18-27(17-19-9-5-3-6-10-19)33(30,31)21-11-7-4-8-12-21/h3-16,28H,2,17-18H2,1H3,(H,26,29)/b25-16-. The third kappa shape index (κ3) is 6.64. The van der Waals surface area contributed by atoms with Gasteiger partial charge in [-0.15, -0.1) is 0 Å². The quantitative estimate of drug-likeness (QED) is 0.352. The first-order valence-corrected chi connectivity index (χ1v) is 11.7. The number of phenols is 1. The molecule has 3 rings (SSSR count). The zero-order valence-corrected chi connectivity index (χ0v) is 18.9. The van der Waals surface area contributed by atoms with Crippen molar-refractivity contribution in [1.29, 1.82) is 0 Å². The first-order chi connectivity index (χ1) is 15.9. The highest BCUT2D eigenvalue weighted by Crippen LogP contribution is 2.26. The van der Waals surface area contributed by atoms with Gasteiger partial charge in [0.2, 0.25) is 10.0 Å². The van der Waals surface area contributed by atoms with Gasteiger partial charge >= 0.3 is 0 Å². The van der Waals surface area contributed by atoms with Gasteiger partial charge in [-0.3, -0.25) is 4.79 Å². The number of phenolic OH excluding ortho intramolecular Hbond substituents is 1. The molecule has 0 aliphatic rings. The van der Waals surface area contributed by atoms with Crippen molar-refractivity contribution in [3.05, 3.63) is 90.0 Å². The maximum Gasteiger partial charge on any atom is 0.255 e. The van der Waals surface area contributed by atoms with E-state index in [1.54, 1.807) is 61.5 Å². The molecule has 0 aliphatic heterocycles. The molecule has 1 amide bonds. The van der Waals surface area contributed by atoms with Crippen molar-refractivity contribution in [3.8, 4) is 11.5 Å². The van der Waals surface area contributed by atoms with E-state index < -0.39 is 22.5 Å². The lowest BCUT2D eigenvalue weighted by Crippen LogP contribution is -2.39. The van der Waals surface area contributed by atoms with E-state index in [1.165, 1.54) is 24.4 Å². The molecule has 0 saturated heterocycles. The Morgan fingerprint density at radius 2 is 1.73 bits per heavy atom. The molecule has 0 aromatic heterocycles. The number of benzene rings is 3. The average Bonchev–Trinajstić information content (AvgIpc) is 2.82. The van der Waals surface area contributed by atoms with Gasteiger partial charge in [-0.2, -0.15) is 9.41 Å². The van der Waals surface area contributed by atoms with E-state index in [1.807, 2.05) is 6.07 Å². The zero-order valence-electron chi connectivity index (χ0n) is 18.1. The number of hydrogen-bond acceptors (Lipinski definition) is 6. The van der Waals surface area contributed by atoms with E-state index in [2.05, 4.69) is 10.5 Å². The van der Waals surface area contributed by atoms with Crippen LogP contribution < -0.4 is 10.2 Å². The van der Waals surface area contributed by atoms with Gasteiger partial charge in [0.25, 0.3) is 5.91 Å². The summed E-state index contributed by atoms with van der Waals surface area (Å²) in [6.07, 6.45) is 1.38. The van der Waals surface area contributed by atoms with Gasteiger partial charge in [0.05, 0.1) is 24.3 Å². The largest absolute Gasteiger partial charge is 0.504 e. The van der Waals surface area contributed by atoms with Crippen LogP contribution in [0.1, 0.15) is 18.1 Å². The number of sulfonamides is 1. The molecule has 0 atom stereocenters. The summed E-state index contributed by atoms with van der Waals surface area (Å²) < 4.78 is 32.8. The minimum Gasteiger partial charge on any atom is -0.504 e. The maximum atomic E-state index is 13.2. The predicted octanol–water partition coefficient (Wildman–Crippen LogP) is 3.13. The SMILES string of the molecule is CCOc1cc(/C=N\NC(=O)CN(Cc2ccccc2)S(=O)(=O)c2ccccc2)ccc1O. The van der Waals surface area contributed by atoms with Crippen molar-refractivity contribution in [2.24, 2.45) is 5.10 Å². The fourth-order valence-electron chi connectivity index (χ4n) is 3.01. The number of nitrogens with zero attached hydrogens (tertiary/aromatic N) is 2. The summed E-state index contributed by atoms with van der Waals surface area (Å²) in [5.41, 5.74) is 3.70. The van der Waals surface area contributed by atoms with Gasteiger partial charge in [-0.1, -0.05) is 48.5 Å². The molecule has 0 fully saturated rings. The van der Waals surface area contributed by atoms with E-state index in [-0.39, 0.29) is 17.2 Å². The van der Waals surface area contributed by atoms with Crippen molar-refractivity contribution < 1.29 is 23.1 Å². The van der Waals surface area contributed by atoms with Crippen molar-refractivity contribution in [2.75, 3.05) is 13.2 Å². The number of rotatable bonds is 10. The van der Waals surface area contributed by atoms with Crippen molar-refractivity contribution in [1.82, 2.24) is 9.73 Å². The van der Waals surface area contributed by atoms with Gasteiger partial charge < -0.3 is 9.84 Å². The Balaban J connectivity index is 1.73. The lowest BCUT2D eigenvalue weighted by molar-refractivity contribution is -0.121. The highest BCUT2D eigenvalue weighted by Gasteiger charge is 2.26. The van der Waals surface area contributed by atoms with Gasteiger partial charge in [0.15, 0.2) is 11.5 Å². The number of aromatic hydroxyl groups is 1. The van der Waals surface area contributed by atoms with E-state index in [0.717, 1.165) is 9.87 Å². The van der Waals surface area contributed by atoms with Gasteiger partial charge in [0, 0.05) is 6.54 Å². The molecule has 0 spiro atoms. The predicted molar refractivity (Wildman–Crippen MR) is 125 cm³/mol. The lowest BCUT2D eigenvalue weighted by Gasteiger charge is -2.21. The van der Waals surface area contributed by atoms with Crippen LogP contribution in [0, 0.1) is 0 Å². The Hall–Kier alpha value is -3.69. The summed E-state index contributed by atoms with van der Waals surface area (Å²) in [5.74, 6) is -0.290. The van der Waals surface area contributed by atoms with Crippen LogP contribution in [0.15, 0.2) is 88.9 Å². The number of carbonyl (C=O) groups is 1. The molecular weight excluding hydrogens is 442 g/mol. The summed E-state index contributed by atoms with van der Waals surface area (Å²) in [4.78, 5) is 12.6. The molecule has 3 aromatic rings. The van der Waals surface area contributed by atoms with E-state index in [0.29, 0.717) is 17.9 Å². The zero-order chi connectivity index (χ0) is 23.7. The van der Waals surface area contributed by atoms with Crippen LogP contribution in [0.25, 0.3) is 0 Å². The van der Waals surface area contributed by atoms with Crippen LogP contribution in [-0.4, -0.2) is 43.1 Å². The van der Waals surface area contributed by atoms with E-state index in [4.69, 9.17) is 4.74 Å². The highest BCUT2D eigenvalue weighted by atomic mass is 32.2. The van der Waals surface area contributed by atoms with E-state index >= 15 is 0 Å². The molecule has 0 radical (unpaired) electrons. The topological polar surface area (TPSA) is 108 Å². The number of hydrazone groups is 1. The number of amides is 1. The molecule has 0 heterocycles. The second-order valence-corrected chi connectivity index (χ2v) is 8.96. The monoisotopic (exact) mass is 467 g/mol. The third-order valence-electron chi connectivity index (χ3n) is 4.59. The van der Waals surface area contributed by atoms with Crippen LogP contribution in [0.2, 0.25) is 0 Å². The average molecular weight is 468 g/mol. The molecule has 2 N–H and O–H groups in total. The summed E-state index contributed by atoms with van der Waals surface area (Å²) in [6.45, 7) is 1.80. The van der Waals surface area contributed by atoms with Crippen LogP contribution in [0.3, 0.4) is 0 Å². The smallest absolute Gasteiger partial charge is 0.255 e. The van der Waals surface area contributed by atoms with Gasteiger partial charge in [-0.05, 0) is 48.4 Å². The Bertz CT molecular complexity index is 1200. The lowest BCUT2D eigenvalue weighted by atomic mass is 10.2. The minimum atomic E-state index is -3.91. The molecule has 3 aromatic carbocycles. The van der Waals surface area contributed by atoms with Crippen LogP contribution >= 0.6 is 0 Å². The Kier molecular flexibility index (Phi) is 8.17. The highest BCUT2D eigenvalue weighted by molar-refractivity contribution is 7.89. The molecule has 0 bridgehead atoms. The Labute approximate surface area is 193 Å². The van der Waals surface area contributed by atoms with Crippen molar-refractivity contribution >= 4 is 22.1 Å². The molecule has 0 unspecified atom stereocenters. The summed E-state index contributed by atoms with van der Waals surface area (Å²) >= 11 is 0. The molecule has 0 aliphatic carbocycles. The fourth-order valence-corrected chi connectivity index (χ4v) is 4.42. The van der Waals surface area contributed by atoms with Gasteiger partial charge in [0.1, 0.15) is 0 Å². The number of hydrogen-bond donors (Lipinski definition) is 2. The van der Waals surface area contributed by atoms with Crippen molar-refractivity contribution in [3.63, 3.8) is 0 Å². The molecule has 9 heteroatoms. The number of carbonyl (C=O) groups excluding carboxylic acids is 1. The third-order valence-corrected chi connectivity index (χ3v) is 6.40. The summed E-state index contributed by atoms with van der Waals surface area (Å²) in [5, 5.41) is 13.7.